The van der Waals surface area contributed by atoms with E-state index in [2.05, 4.69) is 38.5 Å². The molecule has 202 valence electrons. The fraction of sp³-hybridized carbons (Fsp3) is 0.714. The summed E-state index contributed by atoms with van der Waals surface area (Å²) in [4.78, 5) is 13.6. The second-order valence-corrected chi connectivity index (χ2v) is 18.4. The maximum absolute atomic E-state index is 12.2. The van der Waals surface area contributed by atoms with Crippen LogP contribution in [0.2, 0.25) is 18.1 Å². The summed E-state index contributed by atoms with van der Waals surface area (Å²) in [5, 5.41) is 26.9. The number of fused-ring (bicyclic) bond motifs is 1. The number of aliphatic hydroxyl groups is 1. The minimum absolute atomic E-state index is 0.226. The van der Waals surface area contributed by atoms with Crippen LogP contribution >= 0.6 is 0 Å². The molecule has 0 saturated heterocycles. The van der Waals surface area contributed by atoms with Crippen LogP contribution in [-0.4, -0.2) is 46.5 Å². The molecule has 1 aromatic carbocycles. The number of amides is 1. The molecule has 1 aliphatic carbocycles. The first-order chi connectivity index (χ1) is 16.3. The molecule has 8 heteroatoms. The Labute approximate surface area is 218 Å². The lowest BCUT2D eigenvalue weighted by molar-refractivity contribution is 0.0790. The highest BCUT2D eigenvalue weighted by Crippen LogP contribution is 2.40. The van der Waals surface area contributed by atoms with Gasteiger partial charge < -0.3 is 14.6 Å². The van der Waals surface area contributed by atoms with Gasteiger partial charge in [-0.25, -0.2) is 4.79 Å². The molecule has 1 fully saturated rings. The van der Waals surface area contributed by atoms with Crippen LogP contribution < -0.4 is 4.90 Å². The maximum Gasteiger partial charge on any atom is 0.412 e. The standard InChI is InChI=1S/C28H47N3O4Si/c1-26(2,3)31(25(32)33)24-15-20-17-30(29-23(20)16-22(24)28(7,8)34)21-13-11-19(12-14-21)18-35-36(9,10)27(4,5)6/h15-17,19,21,34H,11-14,18H2,1-10H3,(H,32,33). The Balaban J connectivity index is 1.83. The van der Waals surface area contributed by atoms with E-state index in [0.29, 0.717) is 23.2 Å². The highest BCUT2D eigenvalue weighted by molar-refractivity contribution is 6.74. The number of carboxylic acid groups (broad SMARTS) is 1. The van der Waals surface area contributed by atoms with Gasteiger partial charge in [-0.3, -0.25) is 9.58 Å². The molecule has 1 saturated carbocycles. The van der Waals surface area contributed by atoms with E-state index in [9.17, 15) is 15.0 Å². The zero-order chi connectivity index (χ0) is 27.3. The Kier molecular flexibility index (Phi) is 7.77. The van der Waals surface area contributed by atoms with Crippen LogP contribution in [0, 0.1) is 5.92 Å². The SMILES string of the molecule is CC(C)(O)c1cc2nn(C3CCC(CO[Si](C)(C)C(C)(C)C)CC3)cc2cc1N(C(=O)O)C(C)(C)C. The van der Waals surface area contributed by atoms with Gasteiger partial charge in [0.2, 0.25) is 0 Å². The van der Waals surface area contributed by atoms with Crippen molar-refractivity contribution >= 4 is 31.0 Å². The fourth-order valence-corrected chi connectivity index (χ4v) is 5.90. The Hall–Kier alpha value is -1.90. The van der Waals surface area contributed by atoms with Crippen molar-refractivity contribution in [2.24, 2.45) is 5.92 Å². The summed E-state index contributed by atoms with van der Waals surface area (Å²) in [6.45, 7) is 21.3. The number of rotatable bonds is 6. The van der Waals surface area contributed by atoms with Gasteiger partial charge in [0.05, 0.1) is 22.8 Å². The van der Waals surface area contributed by atoms with Crippen molar-refractivity contribution in [2.45, 2.75) is 116 Å². The highest BCUT2D eigenvalue weighted by atomic mass is 28.4. The molecule has 1 aromatic heterocycles. The lowest BCUT2D eigenvalue weighted by Gasteiger charge is -2.38. The maximum atomic E-state index is 12.2. The molecule has 0 radical (unpaired) electrons. The molecule has 0 spiro atoms. The smallest absolute Gasteiger partial charge is 0.412 e. The summed E-state index contributed by atoms with van der Waals surface area (Å²) in [6.07, 6.45) is 5.33. The van der Waals surface area contributed by atoms with Crippen LogP contribution in [0.25, 0.3) is 10.9 Å². The lowest BCUT2D eigenvalue weighted by atomic mass is 9.87. The number of hydrogen-bond acceptors (Lipinski definition) is 4. The van der Waals surface area contributed by atoms with Gasteiger partial charge in [0.15, 0.2) is 8.32 Å². The Bertz CT molecular complexity index is 1080. The molecule has 2 aromatic rings. The molecule has 1 heterocycles. The topological polar surface area (TPSA) is 87.8 Å². The van der Waals surface area contributed by atoms with E-state index in [1.807, 2.05) is 39.1 Å². The van der Waals surface area contributed by atoms with Crippen molar-refractivity contribution < 1.29 is 19.4 Å². The highest BCUT2D eigenvalue weighted by Gasteiger charge is 2.38. The summed E-state index contributed by atoms with van der Waals surface area (Å²) >= 11 is 0. The number of aromatic nitrogens is 2. The lowest BCUT2D eigenvalue weighted by Crippen LogP contribution is -2.46. The van der Waals surface area contributed by atoms with Gasteiger partial charge in [0.1, 0.15) is 0 Å². The molecule has 3 rings (SSSR count). The third kappa shape index (κ3) is 6.14. The van der Waals surface area contributed by atoms with E-state index in [1.54, 1.807) is 13.8 Å². The minimum atomic E-state index is -1.73. The Morgan fingerprint density at radius 1 is 1.08 bits per heavy atom. The molecule has 7 nitrogen and oxygen atoms in total. The fourth-order valence-electron chi connectivity index (χ4n) is 4.81. The van der Waals surface area contributed by atoms with Crippen LogP contribution in [0.3, 0.4) is 0 Å². The predicted molar refractivity (Wildman–Crippen MR) is 149 cm³/mol. The van der Waals surface area contributed by atoms with Crippen molar-refractivity contribution in [3.63, 3.8) is 0 Å². The van der Waals surface area contributed by atoms with Crippen LogP contribution in [-0.2, 0) is 10.0 Å². The molecule has 1 aliphatic rings. The van der Waals surface area contributed by atoms with Gasteiger partial charge in [-0.05, 0) is 96.5 Å². The van der Waals surface area contributed by atoms with Gasteiger partial charge >= 0.3 is 6.09 Å². The second-order valence-electron chi connectivity index (χ2n) is 13.6. The molecule has 0 atom stereocenters. The third-order valence-corrected chi connectivity index (χ3v) is 12.6. The summed E-state index contributed by atoms with van der Waals surface area (Å²) in [5.41, 5.74) is -0.0435. The molecule has 0 bridgehead atoms. The van der Waals surface area contributed by atoms with E-state index < -0.39 is 25.6 Å². The van der Waals surface area contributed by atoms with Crippen LogP contribution in [0.4, 0.5) is 10.5 Å². The molecule has 36 heavy (non-hydrogen) atoms. The Morgan fingerprint density at radius 3 is 2.14 bits per heavy atom. The van der Waals surface area contributed by atoms with Crippen LogP contribution in [0.15, 0.2) is 18.3 Å². The molecule has 0 aliphatic heterocycles. The molecule has 0 unspecified atom stereocenters. The third-order valence-electron chi connectivity index (χ3n) is 8.08. The predicted octanol–water partition coefficient (Wildman–Crippen LogP) is 7.30. The normalized spacial score (nSPS) is 20.1. The number of carbonyl (C=O) groups is 1. The molecule has 2 N–H and O–H groups in total. The molecular formula is C28H47N3O4Si. The number of nitrogens with zero attached hydrogens (tertiary/aromatic N) is 3. The zero-order valence-electron chi connectivity index (χ0n) is 24.0. The van der Waals surface area contributed by atoms with Gasteiger partial charge in [-0.1, -0.05) is 20.8 Å². The Morgan fingerprint density at radius 2 is 1.67 bits per heavy atom. The van der Waals surface area contributed by atoms with E-state index in [0.717, 1.165) is 43.2 Å². The van der Waals surface area contributed by atoms with E-state index in [4.69, 9.17) is 9.52 Å². The van der Waals surface area contributed by atoms with Gasteiger partial charge in [-0.2, -0.15) is 5.10 Å². The average molecular weight is 518 g/mol. The van der Waals surface area contributed by atoms with Crippen LogP contribution in [0.1, 0.15) is 92.7 Å². The first-order valence-corrected chi connectivity index (χ1v) is 16.1. The first kappa shape index (κ1) is 28.7. The van der Waals surface area contributed by atoms with Crippen molar-refractivity contribution in [3.8, 4) is 0 Å². The van der Waals surface area contributed by atoms with Gasteiger partial charge in [0, 0.05) is 29.3 Å². The van der Waals surface area contributed by atoms with Crippen LogP contribution in [0.5, 0.6) is 0 Å². The molecule has 1 amide bonds. The largest absolute Gasteiger partial charge is 0.465 e. The van der Waals surface area contributed by atoms with E-state index in [-0.39, 0.29) is 5.04 Å². The van der Waals surface area contributed by atoms with Crippen molar-refractivity contribution in [2.75, 3.05) is 11.5 Å². The summed E-state index contributed by atoms with van der Waals surface area (Å²) in [6, 6.07) is 4.03. The second kappa shape index (κ2) is 9.76. The minimum Gasteiger partial charge on any atom is -0.465 e. The van der Waals surface area contributed by atoms with E-state index in [1.165, 1.54) is 4.90 Å². The summed E-state index contributed by atoms with van der Waals surface area (Å²) < 4.78 is 8.54. The number of anilines is 1. The van der Waals surface area contributed by atoms with Gasteiger partial charge in [0.25, 0.3) is 0 Å². The molecular weight excluding hydrogens is 470 g/mol. The number of hydrogen-bond donors (Lipinski definition) is 2. The number of benzene rings is 1. The zero-order valence-corrected chi connectivity index (χ0v) is 25.0. The van der Waals surface area contributed by atoms with Crippen molar-refractivity contribution in [1.82, 2.24) is 9.78 Å². The van der Waals surface area contributed by atoms with Gasteiger partial charge in [-0.15, -0.1) is 0 Å². The summed E-state index contributed by atoms with van der Waals surface area (Å²) in [5.74, 6) is 0.588. The quantitative estimate of drug-likeness (QED) is 0.393. The van der Waals surface area contributed by atoms with Crippen molar-refractivity contribution in [3.05, 3.63) is 23.9 Å². The average Bonchev–Trinajstić information content (AvgIpc) is 3.12. The first-order valence-electron chi connectivity index (χ1n) is 13.2. The van der Waals surface area contributed by atoms with Crippen molar-refractivity contribution in [1.29, 1.82) is 0 Å². The monoisotopic (exact) mass is 517 g/mol. The summed E-state index contributed by atoms with van der Waals surface area (Å²) in [7, 11) is -1.73. The van der Waals surface area contributed by atoms with E-state index >= 15 is 0 Å².